The van der Waals surface area contributed by atoms with E-state index in [9.17, 15) is 9.59 Å². The Bertz CT molecular complexity index is 1020. The smallest absolute Gasteiger partial charge is 0.244 e. The molecule has 1 heterocycles. The third-order valence-corrected chi connectivity index (χ3v) is 4.84. The Balaban J connectivity index is 1.76. The van der Waals surface area contributed by atoms with Crippen molar-refractivity contribution in [2.24, 2.45) is 0 Å². The largest absolute Gasteiger partial charge is 0.356 e. The highest BCUT2D eigenvalue weighted by atomic mass is 16.2. The summed E-state index contributed by atoms with van der Waals surface area (Å²) in [5, 5.41) is 5.92. The Morgan fingerprint density at radius 1 is 1.07 bits per heavy atom. The molecular formula is C23H28N4O2. The number of hydrogen-bond donors (Lipinski definition) is 2. The lowest BCUT2D eigenvalue weighted by Crippen LogP contribution is -2.27. The molecule has 2 amide bonds. The zero-order chi connectivity index (χ0) is 20.8. The van der Waals surface area contributed by atoms with E-state index in [1.807, 2.05) is 67.8 Å². The van der Waals surface area contributed by atoms with Crippen LogP contribution in [0.15, 0.2) is 42.5 Å². The second kappa shape index (κ2) is 9.37. The molecule has 0 fully saturated rings. The number of rotatable bonds is 8. The summed E-state index contributed by atoms with van der Waals surface area (Å²) in [5.74, 6) is 0.734. The van der Waals surface area contributed by atoms with Gasteiger partial charge < -0.3 is 15.2 Å². The maximum Gasteiger partial charge on any atom is 0.244 e. The SMILES string of the molecule is CCCC(=O)NCCc1nc2ccccc2n1CC(=O)Nc1ccc(C)cc1C. The molecule has 0 aliphatic heterocycles. The monoisotopic (exact) mass is 392 g/mol. The summed E-state index contributed by atoms with van der Waals surface area (Å²) in [6, 6.07) is 13.7. The standard InChI is InChI=1S/C23H28N4O2/c1-4-7-22(28)24-13-12-21-25-19-8-5-6-9-20(19)27(21)15-23(29)26-18-11-10-16(2)14-17(18)3/h5-6,8-11,14H,4,7,12-13,15H2,1-3H3,(H,24,28)(H,26,29). The lowest BCUT2D eigenvalue weighted by atomic mass is 10.1. The molecule has 0 unspecified atom stereocenters. The van der Waals surface area contributed by atoms with E-state index in [4.69, 9.17) is 0 Å². The van der Waals surface area contributed by atoms with Gasteiger partial charge in [-0.3, -0.25) is 9.59 Å². The second-order valence-corrected chi connectivity index (χ2v) is 7.32. The van der Waals surface area contributed by atoms with Crippen molar-refractivity contribution >= 4 is 28.5 Å². The second-order valence-electron chi connectivity index (χ2n) is 7.32. The zero-order valence-corrected chi connectivity index (χ0v) is 17.3. The van der Waals surface area contributed by atoms with Crippen molar-refractivity contribution in [2.75, 3.05) is 11.9 Å². The highest BCUT2D eigenvalue weighted by molar-refractivity contribution is 5.92. The highest BCUT2D eigenvalue weighted by Crippen LogP contribution is 2.19. The Labute approximate surface area is 171 Å². The summed E-state index contributed by atoms with van der Waals surface area (Å²) in [6.45, 7) is 6.67. The van der Waals surface area contributed by atoms with Gasteiger partial charge >= 0.3 is 0 Å². The van der Waals surface area contributed by atoms with Crippen molar-refractivity contribution in [3.63, 3.8) is 0 Å². The quantitative estimate of drug-likeness (QED) is 0.613. The number of carbonyl (C=O) groups is 2. The van der Waals surface area contributed by atoms with Crippen molar-refractivity contribution in [1.82, 2.24) is 14.9 Å². The molecule has 29 heavy (non-hydrogen) atoms. The van der Waals surface area contributed by atoms with Crippen LogP contribution in [0.5, 0.6) is 0 Å². The van der Waals surface area contributed by atoms with Gasteiger partial charge in [-0.15, -0.1) is 0 Å². The van der Waals surface area contributed by atoms with Crippen LogP contribution in [-0.4, -0.2) is 27.9 Å². The molecule has 0 bridgehead atoms. The molecule has 152 valence electrons. The molecule has 3 aromatic rings. The Hall–Kier alpha value is -3.15. The number of aryl methyl sites for hydroxylation is 2. The van der Waals surface area contributed by atoms with Crippen molar-refractivity contribution in [3.05, 3.63) is 59.4 Å². The topological polar surface area (TPSA) is 76.0 Å². The van der Waals surface area contributed by atoms with Crippen LogP contribution in [0.3, 0.4) is 0 Å². The van der Waals surface area contributed by atoms with E-state index in [-0.39, 0.29) is 18.4 Å². The molecule has 0 spiro atoms. The number of imidazole rings is 1. The van der Waals surface area contributed by atoms with Gasteiger partial charge in [-0.25, -0.2) is 4.98 Å². The van der Waals surface area contributed by atoms with Gasteiger partial charge in [-0.2, -0.15) is 0 Å². The van der Waals surface area contributed by atoms with Crippen molar-refractivity contribution in [2.45, 2.75) is 46.6 Å². The van der Waals surface area contributed by atoms with E-state index >= 15 is 0 Å². The van der Waals surface area contributed by atoms with Gasteiger partial charge in [0.25, 0.3) is 0 Å². The molecule has 0 aliphatic rings. The fourth-order valence-corrected chi connectivity index (χ4v) is 3.41. The van der Waals surface area contributed by atoms with E-state index in [0.29, 0.717) is 19.4 Å². The van der Waals surface area contributed by atoms with E-state index in [1.54, 1.807) is 0 Å². The van der Waals surface area contributed by atoms with Crippen LogP contribution in [-0.2, 0) is 22.6 Å². The molecule has 0 aliphatic carbocycles. The molecule has 2 aromatic carbocycles. The van der Waals surface area contributed by atoms with E-state index in [0.717, 1.165) is 40.1 Å². The van der Waals surface area contributed by atoms with Crippen molar-refractivity contribution in [3.8, 4) is 0 Å². The third kappa shape index (κ3) is 5.22. The predicted molar refractivity (Wildman–Crippen MR) is 116 cm³/mol. The number of fused-ring (bicyclic) bond motifs is 1. The number of para-hydroxylation sites is 2. The van der Waals surface area contributed by atoms with Crippen LogP contribution in [0.1, 0.15) is 36.7 Å². The van der Waals surface area contributed by atoms with Gasteiger partial charge in [0.05, 0.1) is 11.0 Å². The van der Waals surface area contributed by atoms with Gasteiger partial charge in [-0.05, 0) is 44.0 Å². The molecule has 6 nitrogen and oxygen atoms in total. The molecule has 0 radical (unpaired) electrons. The maximum atomic E-state index is 12.8. The Morgan fingerprint density at radius 2 is 1.86 bits per heavy atom. The van der Waals surface area contributed by atoms with E-state index < -0.39 is 0 Å². The molecule has 6 heteroatoms. The summed E-state index contributed by atoms with van der Waals surface area (Å²) in [7, 11) is 0. The molecule has 0 saturated carbocycles. The molecule has 1 aromatic heterocycles. The zero-order valence-electron chi connectivity index (χ0n) is 17.3. The predicted octanol–water partition coefficient (Wildman–Crippen LogP) is 3.75. The highest BCUT2D eigenvalue weighted by Gasteiger charge is 2.14. The van der Waals surface area contributed by atoms with Crippen LogP contribution in [0, 0.1) is 13.8 Å². The summed E-state index contributed by atoms with van der Waals surface area (Å²) in [6.07, 6.45) is 1.92. The van der Waals surface area contributed by atoms with E-state index in [1.165, 1.54) is 0 Å². The fourth-order valence-electron chi connectivity index (χ4n) is 3.41. The number of hydrogen-bond acceptors (Lipinski definition) is 3. The summed E-state index contributed by atoms with van der Waals surface area (Å²) >= 11 is 0. The lowest BCUT2D eigenvalue weighted by molar-refractivity contribution is -0.121. The first-order valence-corrected chi connectivity index (χ1v) is 10.1. The number of aromatic nitrogens is 2. The normalized spacial score (nSPS) is 10.9. The van der Waals surface area contributed by atoms with Gasteiger partial charge in [0.15, 0.2) is 0 Å². The van der Waals surface area contributed by atoms with Crippen LogP contribution >= 0.6 is 0 Å². The molecule has 3 rings (SSSR count). The minimum Gasteiger partial charge on any atom is -0.356 e. The van der Waals surface area contributed by atoms with Gasteiger partial charge in [-0.1, -0.05) is 36.8 Å². The summed E-state index contributed by atoms with van der Waals surface area (Å²) < 4.78 is 1.93. The summed E-state index contributed by atoms with van der Waals surface area (Å²) in [5.41, 5.74) is 4.78. The number of carbonyl (C=O) groups excluding carboxylic acids is 2. The Kier molecular flexibility index (Phi) is 6.65. The summed E-state index contributed by atoms with van der Waals surface area (Å²) in [4.78, 5) is 29.2. The van der Waals surface area contributed by atoms with Gasteiger partial charge in [0, 0.05) is 25.1 Å². The molecule has 0 atom stereocenters. The molecule has 2 N–H and O–H groups in total. The van der Waals surface area contributed by atoms with Crippen molar-refractivity contribution in [1.29, 1.82) is 0 Å². The lowest BCUT2D eigenvalue weighted by Gasteiger charge is -2.12. The number of nitrogens with zero attached hydrogens (tertiary/aromatic N) is 2. The van der Waals surface area contributed by atoms with Crippen LogP contribution < -0.4 is 10.6 Å². The molecule has 0 saturated heterocycles. The number of benzene rings is 2. The molecular weight excluding hydrogens is 364 g/mol. The third-order valence-electron chi connectivity index (χ3n) is 4.84. The Morgan fingerprint density at radius 3 is 2.62 bits per heavy atom. The van der Waals surface area contributed by atoms with Gasteiger partial charge in [0.2, 0.25) is 11.8 Å². The van der Waals surface area contributed by atoms with Crippen molar-refractivity contribution < 1.29 is 9.59 Å². The van der Waals surface area contributed by atoms with Crippen LogP contribution in [0.25, 0.3) is 11.0 Å². The first kappa shape index (κ1) is 20.6. The van der Waals surface area contributed by atoms with Crippen LogP contribution in [0.2, 0.25) is 0 Å². The minimum atomic E-state index is -0.101. The van der Waals surface area contributed by atoms with E-state index in [2.05, 4.69) is 15.6 Å². The maximum absolute atomic E-state index is 12.8. The number of nitrogens with one attached hydrogen (secondary N) is 2. The average Bonchev–Trinajstić information content (AvgIpc) is 3.02. The number of anilines is 1. The number of amides is 2. The fraction of sp³-hybridized carbons (Fsp3) is 0.348. The first-order valence-electron chi connectivity index (χ1n) is 10.1. The average molecular weight is 393 g/mol. The van der Waals surface area contributed by atoms with Gasteiger partial charge in [0.1, 0.15) is 12.4 Å². The minimum absolute atomic E-state index is 0.0442. The van der Waals surface area contributed by atoms with Crippen LogP contribution in [0.4, 0.5) is 5.69 Å². The first-order chi connectivity index (χ1) is 14.0.